The lowest BCUT2D eigenvalue weighted by atomic mass is 10.2. The van der Waals surface area contributed by atoms with Crippen LogP contribution in [0.2, 0.25) is 0 Å². The third kappa shape index (κ3) is 2.99. The minimum Gasteiger partial charge on any atom is -0.395 e. The summed E-state index contributed by atoms with van der Waals surface area (Å²) in [5, 5.41) is 0. The fourth-order valence-electron chi connectivity index (χ4n) is 1.88. The van der Waals surface area contributed by atoms with Crippen LogP contribution in [0.3, 0.4) is 0 Å². The van der Waals surface area contributed by atoms with Gasteiger partial charge in [0.15, 0.2) is 5.82 Å². The Bertz CT molecular complexity index is 599. The van der Waals surface area contributed by atoms with Crippen molar-refractivity contribution in [3.63, 3.8) is 0 Å². The first kappa shape index (κ1) is 13.3. The fraction of sp³-hybridized carbons (Fsp3) is 0.143. The highest BCUT2D eigenvalue weighted by atomic mass is 19.1. The summed E-state index contributed by atoms with van der Waals surface area (Å²) in [4.78, 5) is 1.57. The van der Waals surface area contributed by atoms with Crippen molar-refractivity contribution >= 4 is 11.4 Å². The molecule has 100 valence electrons. The topological polar surface area (TPSA) is 29.3 Å². The van der Waals surface area contributed by atoms with Crippen molar-refractivity contribution in [3.05, 3.63) is 59.4 Å². The van der Waals surface area contributed by atoms with Crippen molar-refractivity contribution in [2.24, 2.45) is 0 Å². The predicted molar refractivity (Wildman–Crippen MR) is 69.3 cm³/mol. The molecule has 0 radical (unpaired) electrons. The Hall–Kier alpha value is -2.17. The third-order valence-corrected chi connectivity index (χ3v) is 2.79. The number of nitrogens with two attached hydrogens (primary N) is 1. The normalized spacial score (nSPS) is 10.5. The van der Waals surface area contributed by atoms with Crippen molar-refractivity contribution in [1.82, 2.24) is 0 Å². The molecule has 2 nitrogen and oxygen atoms in total. The number of nitrogen functional groups attached to an aromatic ring is 1. The first-order valence-electron chi connectivity index (χ1n) is 5.67. The Balaban J connectivity index is 2.27. The lowest BCUT2D eigenvalue weighted by molar-refractivity contribution is 0.585. The van der Waals surface area contributed by atoms with Crippen LogP contribution in [0.5, 0.6) is 0 Å². The molecule has 0 amide bonds. The van der Waals surface area contributed by atoms with E-state index in [0.717, 1.165) is 12.1 Å². The first-order valence-corrected chi connectivity index (χ1v) is 5.67. The SMILES string of the molecule is CN(Cc1cccc(F)c1)c1cc(F)cc(F)c1N. The molecule has 0 unspecified atom stereocenters. The first-order chi connectivity index (χ1) is 8.97. The summed E-state index contributed by atoms with van der Waals surface area (Å²) >= 11 is 0. The second kappa shape index (κ2) is 5.22. The van der Waals surface area contributed by atoms with Crippen molar-refractivity contribution in [2.45, 2.75) is 6.54 Å². The quantitative estimate of drug-likeness (QED) is 0.863. The van der Waals surface area contributed by atoms with Crippen LogP contribution in [-0.2, 0) is 6.54 Å². The Morgan fingerprint density at radius 1 is 1.05 bits per heavy atom. The van der Waals surface area contributed by atoms with E-state index in [9.17, 15) is 13.2 Å². The van der Waals surface area contributed by atoms with Gasteiger partial charge in [-0.3, -0.25) is 0 Å². The van der Waals surface area contributed by atoms with Crippen LogP contribution in [0, 0.1) is 17.5 Å². The number of nitrogens with zero attached hydrogens (tertiary/aromatic N) is 1. The molecular formula is C14H13F3N2. The standard InChI is InChI=1S/C14H13F3N2/c1-19(8-9-3-2-4-10(15)5-9)13-7-11(16)6-12(17)14(13)18/h2-7H,8,18H2,1H3. The summed E-state index contributed by atoms with van der Waals surface area (Å²) in [5.74, 6) is -1.86. The molecular weight excluding hydrogens is 253 g/mol. The maximum atomic E-state index is 13.4. The van der Waals surface area contributed by atoms with Gasteiger partial charge in [0.2, 0.25) is 0 Å². The monoisotopic (exact) mass is 266 g/mol. The van der Waals surface area contributed by atoms with Gasteiger partial charge >= 0.3 is 0 Å². The smallest absolute Gasteiger partial charge is 0.151 e. The van der Waals surface area contributed by atoms with Gasteiger partial charge in [-0.05, 0) is 23.8 Å². The van der Waals surface area contributed by atoms with Gasteiger partial charge in [0.25, 0.3) is 0 Å². The number of rotatable bonds is 3. The van der Waals surface area contributed by atoms with Crippen LogP contribution >= 0.6 is 0 Å². The fourth-order valence-corrected chi connectivity index (χ4v) is 1.88. The summed E-state index contributed by atoms with van der Waals surface area (Å²) in [6.45, 7) is 0.296. The molecule has 0 aliphatic rings. The van der Waals surface area contributed by atoms with Gasteiger partial charge in [-0.2, -0.15) is 0 Å². The van der Waals surface area contributed by atoms with E-state index in [1.165, 1.54) is 12.1 Å². The van der Waals surface area contributed by atoms with E-state index in [1.54, 1.807) is 24.1 Å². The molecule has 0 aromatic heterocycles. The summed E-state index contributed by atoms with van der Waals surface area (Å²) in [5.41, 5.74) is 6.38. The maximum absolute atomic E-state index is 13.4. The van der Waals surface area contributed by atoms with Crippen LogP contribution in [0.15, 0.2) is 36.4 Å². The lowest BCUT2D eigenvalue weighted by Gasteiger charge is -2.21. The van der Waals surface area contributed by atoms with E-state index in [2.05, 4.69) is 0 Å². The Kier molecular flexibility index (Phi) is 3.64. The summed E-state index contributed by atoms with van der Waals surface area (Å²) in [6, 6.07) is 7.88. The number of hydrogen-bond donors (Lipinski definition) is 1. The van der Waals surface area contributed by atoms with E-state index in [1.807, 2.05) is 0 Å². The number of benzene rings is 2. The minimum absolute atomic E-state index is 0.125. The maximum Gasteiger partial charge on any atom is 0.151 e. The van der Waals surface area contributed by atoms with Crippen molar-refractivity contribution in [3.8, 4) is 0 Å². The van der Waals surface area contributed by atoms with E-state index in [4.69, 9.17) is 5.73 Å². The third-order valence-electron chi connectivity index (χ3n) is 2.79. The zero-order chi connectivity index (χ0) is 14.0. The Morgan fingerprint density at radius 2 is 1.79 bits per heavy atom. The van der Waals surface area contributed by atoms with Gasteiger partial charge in [-0.15, -0.1) is 0 Å². The molecule has 0 heterocycles. The van der Waals surface area contributed by atoms with Gasteiger partial charge in [0.1, 0.15) is 11.6 Å². The largest absolute Gasteiger partial charge is 0.395 e. The molecule has 0 atom stereocenters. The summed E-state index contributed by atoms with van der Waals surface area (Å²) in [7, 11) is 1.63. The van der Waals surface area contributed by atoms with Crippen LogP contribution in [0.25, 0.3) is 0 Å². The molecule has 0 aliphatic carbocycles. The van der Waals surface area contributed by atoms with Gasteiger partial charge in [-0.25, -0.2) is 13.2 Å². The zero-order valence-corrected chi connectivity index (χ0v) is 10.3. The van der Waals surface area contributed by atoms with Crippen LogP contribution < -0.4 is 10.6 Å². The predicted octanol–water partition coefficient (Wildman–Crippen LogP) is 3.32. The van der Waals surface area contributed by atoms with E-state index >= 15 is 0 Å². The number of hydrogen-bond acceptors (Lipinski definition) is 2. The van der Waals surface area contributed by atoms with Crippen molar-refractivity contribution in [1.29, 1.82) is 0 Å². The van der Waals surface area contributed by atoms with Gasteiger partial charge in [0.05, 0.1) is 11.4 Å². The molecule has 2 N–H and O–H groups in total. The molecule has 2 rings (SSSR count). The Labute approximate surface area is 109 Å². The molecule has 19 heavy (non-hydrogen) atoms. The van der Waals surface area contributed by atoms with Crippen molar-refractivity contribution < 1.29 is 13.2 Å². The van der Waals surface area contributed by atoms with E-state index < -0.39 is 11.6 Å². The van der Waals surface area contributed by atoms with Gasteiger partial charge in [-0.1, -0.05) is 12.1 Å². The molecule has 0 saturated heterocycles. The van der Waals surface area contributed by atoms with Crippen LogP contribution in [-0.4, -0.2) is 7.05 Å². The molecule has 5 heteroatoms. The van der Waals surface area contributed by atoms with E-state index in [0.29, 0.717) is 12.1 Å². The highest BCUT2D eigenvalue weighted by Gasteiger charge is 2.12. The molecule has 0 bridgehead atoms. The lowest BCUT2D eigenvalue weighted by Crippen LogP contribution is -2.18. The second-order valence-corrected chi connectivity index (χ2v) is 4.31. The summed E-state index contributed by atoms with van der Waals surface area (Å²) < 4.78 is 39.6. The second-order valence-electron chi connectivity index (χ2n) is 4.31. The molecule has 0 saturated carbocycles. The highest BCUT2D eigenvalue weighted by molar-refractivity contribution is 5.68. The van der Waals surface area contributed by atoms with Crippen LogP contribution in [0.4, 0.5) is 24.5 Å². The van der Waals surface area contributed by atoms with Gasteiger partial charge in [0, 0.05) is 19.7 Å². The molecule has 0 aliphatic heterocycles. The zero-order valence-electron chi connectivity index (χ0n) is 10.3. The van der Waals surface area contributed by atoms with Crippen LogP contribution in [0.1, 0.15) is 5.56 Å². The highest BCUT2D eigenvalue weighted by Crippen LogP contribution is 2.27. The van der Waals surface area contributed by atoms with Crippen molar-refractivity contribution in [2.75, 3.05) is 17.7 Å². The minimum atomic E-state index is -0.805. The van der Waals surface area contributed by atoms with Gasteiger partial charge < -0.3 is 10.6 Å². The average Bonchev–Trinajstić information content (AvgIpc) is 2.33. The molecule has 2 aromatic carbocycles. The molecule has 2 aromatic rings. The number of halogens is 3. The Morgan fingerprint density at radius 3 is 2.47 bits per heavy atom. The molecule has 0 fully saturated rings. The summed E-state index contributed by atoms with van der Waals surface area (Å²) in [6.07, 6.45) is 0. The number of anilines is 2. The molecule has 0 spiro atoms. The average molecular weight is 266 g/mol. The van der Waals surface area contributed by atoms with E-state index in [-0.39, 0.29) is 17.2 Å².